The van der Waals surface area contributed by atoms with Gasteiger partial charge in [-0.25, -0.2) is 9.78 Å². The van der Waals surface area contributed by atoms with E-state index in [9.17, 15) is 14.4 Å². The number of aryl methyl sites for hydroxylation is 2. The average molecular weight is 384 g/mol. The van der Waals surface area contributed by atoms with Crippen LogP contribution in [0.1, 0.15) is 29.0 Å². The van der Waals surface area contributed by atoms with Gasteiger partial charge in [-0.2, -0.15) is 0 Å². The Kier molecular flexibility index (Phi) is 4.89. The van der Waals surface area contributed by atoms with E-state index in [4.69, 9.17) is 0 Å². The molecule has 2 heterocycles. The van der Waals surface area contributed by atoms with Crippen molar-refractivity contribution in [1.82, 2.24) is 15.2 Å². The first-order chi connectivity index (χ1) is 13.1. The van der Waals surface area contributed by atoms with Gasteiger partial charge in [0, 0.05) is 11.4 Å². The second-order valence-corrected chi connectivity index (χ2v) is 7.81. The molecule has 7 nitrogen and oxygen atoms in total. The molecule has 27 heavy (non-hydrogen) atoms. The van der Waals surface area contributed by atoms with Gasteiger partial charge in [0.05, 0.1) is 12.1 Å². The molecule has 2 aliphatic rings. The topological polar surface area (TPSA) is 91.4 Å². The number of fused-ring (bicyclic) bond motifs is 1. The highest BCUT2D eigenvalue weighted by Crippen LogP contribution is 2.30. The summed E-state index contributed by atoms with van der Waals surface area (Å²) in [5, 5.41) is 5.93. The Balaban J connectivity index is 1.31. The molecule has 1 aliphatic carbocycles. The number of benzene rings is 1. The molecule has 8 heteroatoms. The van der Waals surface area contributed by atoms with E-state index in [-0.39, 0.29) is 18.2 Å². The van der Waals surface area contributed by atoms with E-state index in [1.165, 1.54) is 21.1 Å². The number of carbonyl (C=O) groups excluding carboxylic acids is 3. The van der Waals surface area contributed by atoms with Crippen LogP contribution in [0, 0.1) is 0 Å². The van der Waals surface area contributed by atoms with Gasteiger partial charge in [0.25, 0.3) is 5.91 Å². The third-order valence-corrected chi connectivity index (χ3v) is 5.88. The van der Waals surface area contributed by atoms with Crippen LogP contribution in [0.2, 0.25) is 0 Å². The molecule has 2 aromatic rings. The van der Waals surface area contributed by atoms with Crippen molar-refractivity contribution >= 4 is 34.3 Å². The van der Waals surface area contributed by atoms with Crippen molar-refractivity contribution in [1.29, 1.82) is 0 Å². The van der Waals surface area contributed by atoms with Crippen LogP contribution in [-0.4, -0.2) is 40.3 Å². The fourth-order valence-corrected chi connectivity index (χ4v) is 4.48. The largest absolute Gasteiger partial charge is 0.325 e. The molecule has 1 aromatic carbocycles. The third kappa shape index (κ3) is 3.85. The summed E-state index contributed by atoms with van der Waals surface area (Å²) in [6, 6.07) is 8.40. The number of imide groups is 1. The maximum Gasteiger partial charge on any atom is 0.324 e. The van der Waals surface area contributed by atoms with Crippen LogP contribution < -0.4 is 10.6 Å². The molecular formula is C19H20N4O3S. The molecule has 0 bridgehead atoms. The zero-order valence-electron chi connectivity index (χ0n) is 14.7. The Morgan fingerprint density at radius 2 is 2.07 bits per heavy atom. The maximum atomic E-state index is 12.5. The Labute approximate surface area is 160 Å². The smallest absolute Gasteiger partial charge is 0.324 e. The van der Waals surface area contributed by atoms with Crippen LogP contribution in [-0.2, 0) is 28.9 Å². The molecule has 0 radical (unpaired) electrons. The minimum atomic E-state index is -0.819. The monoisotopic (exact) mass is 384 g/mol. The van der Waals surface area contributed by atoms with Gasteiger partial charge in [-0.1, -0.05) is 30.3 Å². The number of anilines is 1. The summed E-state index contributed by atoms with van der Waals surface area (Å²) in [5.41, 5.74) is 2.11. The van der Waals surface area contributed by atoms with Crippen LogP contribution in [0.5, 0.6) is 0 Å². The molecule has 0 spiro atoms. The average Bonchev–Trinajstić information content (AvgIpc) is 3.29. The quantitative estimate of drug-likeness (QED) is 0.747. The van der Waals surface area contributed by atoms with Crippen molar-refractivity contribution in [3.8, 4) is 0 Å². The SMILES string of the molecule is O=C(CC1NC(=O)N(CCc2ccccc2)C1=O)Nc1nc2c(s1)CCC2. The number of hydrogen-bond acceptors (Lipinski definition) is 5. The van der Waals surface area contributed by atoms with Gasteiger partial charge < -0.3 is 10.6 Å². The Morgan fingerprint density at radius 1 is 1.26 bits per heavy atom. The lowest BCUT2D eigenvalue weighted by molar-refractivity contribution is -0.129. The second kappa shape index (κ2) is 7.48. The van der Waals surface area contributed by atoms with Crippen molar-refractivity contribution < 1.29 is 14.4 Å². The van der Waals surface area contributed by atoms with E-state index < -0.39 is 12.1 Å². The van der Waals surface area contributed by atoms with Gasteiger partial charge in [-0.3, -0.25) is 14.5 Å². The highest BCUT2D eigenvalue weighted by molar-refractivity contribution is 7.15. The van der Waals surface area contributed by atoms with E-state index in [0.717, 1.165) is 30.5 Å². The van der Waals surface area contributed by atoms with Crippen molar-refractivity contribution in [3.05, 3.63) is 46.5 Å². The van der Waals surface area contributed by atoms with E-state index in [0.29, 0.717) is 18.1 Å². The molecule has 1 unspecified atom stereocenters. The van der Waals surface area contributed by atoms with E-state index in [1.54, 1.807) is 0 Å². The number of nitrogens with zero attached hydrogens (tertiary/aromatic N) is 2. The predicted octanol–water partition coefficient (Wildman–Crippen LogP) is 2.12. The zero-order chi connectivity index (χ0) is 18.8. The molecule has 2 N–H and O–H groups in total. The summed E-state index contributed by atoms with van der Waals surface area (Å²) in [6.07, 6.45) is 3.58. The summed E-state index contributed by atoms with van der Waals surface area (Å²) in [6.45, 7) is 0.298. The molecule has 1 aromatic heterocycles. The number of thiazole rings is 1. The van der Waals surface area contributed by atoms with Gasteiger partial charge in [0.2, 0.25) is 5.91 Å². The van der Waals surface area contributed by atoms with Gasteiger partial charge in [-0.15, -0.1) is 11.3 Å². The third-order valence-electron chi connectivity index (χ3n) is 4.81. The van der Waals surface area contributed by atoms with Crippen LogP contribution in [0.15, 0.2) is 30.3 Å². The first kappa shape index (κ1) is 17.7. The molecule has 1 aliphatic heterocycles. The fourth-order valence-electron chi connectivity index (χ4n) is 3.41. The van der Waals surface area contributed by atoms with Crippen molar-refractivity contribution in [2.24, 2.45) is 0 Å². The highest BCUT2D eigenvalue weighted by atomic mass is 32.1. The summed E-state index contributed by atoms with van der Waals surface area (Å²) < 4.78 is 0. The van der Waals surface area contributed by atoms with Gasteiger partial charge in [0.1, 0.15) is 6.04 Å². The summed E-state index contributed by atoms with van der Waals surface area (Å²) in [7, 11) is 0. The number of urea groups is 1. The van der Waals surface area contributed by atoms with Gasteiger partial charge in [-0.05, 0) is 31.2 Å². The first-order valence-electron chi connectivity index (χ1n) is 9.04. The van der Waals surface area contributed by atoms with Crippen molar-refractivity contribution in [2.75, 3.05) is 11.9 Å². The normalized spacial score (nSPS) is 18.5. The standard InChI is InChI=1S/C19H20N4O3S/c24-16(22-18-20-13-7-4-8-15(13)27-18)11-14-17(25)23(19(26)21-14)10-9-12-5-2-1-3-6-12/h1-3,5-6,14H,4,7-11H2,(H,21,26)(H,20,22,24). The lowest BCUT2D eigenvalue weighted by Gasteiger charge is -2.12. The molecule has 4 amide bonds. The zero-order valence-corrected chi connectivity index (χ0v) is 15.6. The molecule has 1 atom stereocenters. The van der Waals surface area contributed by atoms with E-state index in [1.807, 2.05) is 30.3 Å². The second-order valence-electron chi connectivity index (χ2n) is 6.72. The Bertz CT molecular complexity index is 859. The minimum Gasteiger partial charge on any atom is -0.325 e. The van der Waals surface area contributed by atoms with Crippen LogP contribution in [0.4, 0.5) is 9.93 Å². The molecule has 4 rings (SSSR count). The summed E-state index contributed by atoms with van der Waals surface area (Å²) >= 11 is 1.49. The first-order valence-corrected chi connectivity index (χ1v) is 9.86. The Hall–Kier alpha value is -2.74. The Morgan fingerprint density at radius 3 is 2.85 bits per heavy atom. The predicted molar refractivity (Wildman–Crippen MR) is 102 cm³/mol. The molecule has 0 saturated carbocycles. The van der Waals surface area contributed by atoms with Crippen LogP contribution in [0.3, 0.4) is 0 Å². The lowest BCUT2D eigenvalue weighted by Crippen LogP contribution is -2.34. The summed E-state index contributed by atoms with van der Waals surface area (Å²) in [5.74, 6) is -0.668. The van der Waals surface area contributed by atoms with Crippen LogP contribution in [0.25, 0.3) is 0 Å². The van der Waals surface area contributed by atoms with Crippen molar-refractivity contribution in [2.45, 2.75) is 38.1 Å². The number of hydrogen-bond donors (Lipinski definition) is 2. The van der Waals surface area contributed by atoms with E-state index >= 15 is 0 Å². The number of rotatable bonds is 6. The van der Waals surface area contributed by atoms with E-state index in [2.05, 4.69) is 15.6 Å². The van der Waals surface area contributed by atoms with Crippen molar-refractivity contribution in [3.63, 3.8) is 0 Å². The highest BCUT2D eigenvalue weighted by Gasteiger charge is 2.38. The van der Waals surface area contributed by atoms with Crippen LogP contribution >= 0.6 is 11.3 Å². The number of carbonyl (C=O) groups is 3. The molecule has 1 saturated heterocycles. The molecule has 140 valence electrons. The van der Waals surface area contributed by atoms with Gasteiger partial charge in [0.15, 0.2) is 5.13 Å². The number of nitrogens with one attached hydrogen (secondary N) is 2. The maximum absolute atomic E-state index is 12.5. The fraction of sp³-hybridized carbons (Fsp3) is 0.368. The van der Waals surface area contributed by atoms with Gasteiger partial charge >= 0.3 is 6.03 Å². The number of amides is 4. The molecular weight excluding hydrogens is 364 g/mol. The number of aromatic nitrogens is 1. The minimum absolute atomic E-state index is 0.0866. The lowest BCUT2D eigenvalue weighted by atomic mass is 10.1. The molecule has 1 fully saturated rings. The summed E-state index contributed by atoms with van der Waals surface area (Å²) in [4.78, 5) is 43.7.